The molecule has 0 radical (unpaired) electrons. The lowest BCUT2D eigenvalue weighted by Gasteiger charge is -2.16. The monoisotopic (exact) mass is 252 g/mol. The van der Waals surface area contributed by atoms with Crippen molar-refractivity contribution in [3.05, 3.63) is 17.0 Å². The lowest BCUT2D eigenvalue weighted by molar-refractivity contribution is 0.370. The summed E-state index contributed by atoms with van der Waals surface area (Å²) < 4.78 is 3.36. The number of nitrogens with zero attached hydrogens (tertiary/aromatic N) is 4. The molecule has 0 bridgehead atoms. The maximum absolute atomic E-state index is 5.99. The smallest absolute Gasteiger partial charge is 0.185 e. The van der Waals surface area contributed by atoms with Crippen LogP contribution in [0.15, 0.2) is 5.10 Å². The first-order valence-corrected chi connectivity index (χ1v) is 6.23. The van der Waals surface area contributed by atoms with Crippen molar-refractivity contribution in [2.24, 2.45) is 10.8 Å². The summed E-state index contributed by atoms with van der Waals surface area (Å²) in [5, 5.41) is 8.75. The second-order valence-electron chi connectivity index (χ2n) is 4.49. The maximum atomic E-state index is 5.99. The molecule has 17 heavy (non-hydrogen) atoms. The highest BCUT2D eigenvalue weighted by Gasteiger charge is 2.29. The van der Waals surface area contributed by atoms with Crippen molar-refractivity contribution < 1.29 is 0 Å². The number of aromatic nitrogens is 2. The summed E-state index contributed by atoms with van der Waals surface area (Å²) in [7, 11) is 0. The number of fused-ring (bicyclic) bond motifs is 1. The van der Waals surface area contributed by atoms with Crippen LogP contribution in [0, 0.1) is 6.92 Å². The Bertz CT molecular complexity index is 479. The van der Waals surface area contributed by atoms with Gasteiger partial charge in [-0.2, -0.15) is 5.10 Å². The van der Waals surface area contributed by atoms with Gasteiger partial charge in [0.05, 0.1) is 5.69 Å². The van der Waals surface area contributed by atoms with Gasteiger partial charge in [-0.3, -0.25) is 0 Å². The van der Waals surface area contributed by atoms with Crippen LogP contribution >= 0.6 is 12.8 Å². The molecule has 0 amide bonds. The molecule has 92 valence electrons. The highest BCUT2D eigenvalue weighted by molar-refractivity contribution is 7.77. The number of hydrazine groups is 1. The Labute approximate surface area is 105 Å². The van der Waals surface area contributed by atoms with E-state index in [1.54, 1.807) is 0 Å². The molecule has 1 aliphatic heterocycles. The van der Waals surface area contributed by atoms with Crippen molar-refractivity contribution in [2.45, 2.75) is 38.8 Å². The van der Waals surface area contributed by atoms with E-state index in [1.165, 1.54) is 28.5 Å². The fourth-order valence-corrected chi connectivity index (χ4v) is 2.63. The first kappa shape index (κ1) is 11.1. The molecule has 2 aliphatic rings. The molecule has 1 aromatic heterocycles. The molecule has 0 aromatic carbocycles. The third kappa shape index (κ3) is 1.65. The van der Waals surface area contributed by atoms with E-state index >= 15 is 0 Å². The summed E-state index contributed by atoms with van der Waals surface area (Å²) in [5.41, 5.74) is 12.4. The van der Waals surface area contributed by atoms with Gasteiger partial charge in [0.15, 0.2) is 12.0 Å². The van der Waals surface area contributed by atoms with Gasteiger partial charge in [0.1, 0.15) is 0 Å². The third-order valence-electron chi connectivity index (χ3n) is 3.39. The first-order chi connectivity index (χ1) is 8.18. The van der Waals surface area contributed by atoms with Gasteiger partial charge in [-0.15, -0.1) is 9.52 Å². The zero-order valence-electron chi connectivity index (χ0n) is 9.72. The number of aryl methyl sites for hydroxylation is 1. The Morgan fingerprint density at radius 3 is 2.88 bits per heavy atom. The van der Waals surface area contributed by atoms with E-state index in [0.717, 1.165) is 18.5 Å². The molecule has 1 atom stereocenters. The number of nitrogens with one attached hydrogen (secondary N) is 1. The fraction of sp³-hybridized carbons (Fsp3) is 0.600. The van der Waals surface area contributed by atoms with E-state index in [2.05, 4.69) is 28.5 Å². The quantitative estimate of drug-likeness (QED) is 0.576. The summed E-state index contributed by atoms with van der Waals surface area (Å²) >= 11 is 4.17. The molecule has 1 unspecified atom stereocenters. The second kappa shape index (κ2) is 4.01. The van der Waals surface area contributed by atoms with E-state index < -0.39 is 0 Å². The SMILES string of the molecule is Cc1nn(C2=NNN(S)C2N)c2c1CCCC2. The van der Waals surface area contributed by atoms with Crippen LogP contribution in [0.25, 0.3) is 0 Å². The predicted octanol–water partition coefficient (Wildman–Crippen LogP) is 0.182. The lowest BCUT2D eigenvalue weighted by atomic mass is 9.96. The van der Waals surface area contributed by atoms with Gasteiger partial charge in [-0.1, -0.05) is 12.8 Å². The van der Waals surface area contributed by atoms with E-state index in [4.69, 9.17) is 5.73 Å². The summed E-state index contributed by atoms with van der Waals surface area (Å²) in [6.07, 6.45) is 4.24. The Balaban J connectivity index is 2.04. The van der Waals surface area contributed by atoms with Crippen molar-refractivity contribution in [1.82, 2.24) is 19.7 Å². The van der Waals surface area contributed by atoms with Crippen molar-refractivity contribution >= 4 is 18.7 Å². The van der Waals surface area contributed by atoms with Gasteiger partial charge in [0.25, 0.3) is 0 Å². The molecule has 1 aromatic rings. The minimum atomic E-state index is -0.372. The molecule has 0 fully saturated rings. The largest absolute Gasteiger partial charge is 0.307 e. The molecular weight excluding hydrogens is 236 g/mol. The molecular formula is C10H16N6S. The van der Waals surface area contributed by atoms with Crippen LogP contribution in [0.5, 0.6) is 0 Å². The average molecular weight is 252 g/mol. The number of hydrogen-bond donors (Lipinski definition) is 3. The standard InChI is InChI=1S/C10H16N6S/c1-6-7-4-2-3-5-8(7)15(13-6)10-9(11)16(17)14-12-10/h9,14,17H,2-5,11H2,1H3. The zero-order valence-corrected chi connectivity index (χ0v) is 10.6. The second-order valence-corrected chi connectivity index (χ2v) is 4.92. The molecule has 1 aliphatic carbocycles. The van der Waals surface area contributed by atoms with Crippen LogP contribution in [-0.4, -0.2) is 26.2 Å². The molecule has 0 saturated carbocycles. The first-order valence-electron chi connectivity index (χ1n) is 5.83. The average Bonchev–Trinajstić information content (AvgIpc) is 2.83. The number of hydrazone groups is 1. The number of rotatable bonds is 0. The zero-order chi connectivity index (χ0) is 12.0. The Morgan fingerprint density at radius 2 is 2.18 bits per heavy atom. The number of nitrogens with two attached hydrogens (primary N) is 1. The van der Waals surface area contributed by atoms with Crippen LogP contribution in [0.2, 0.25) is 0 Å². The minimum absolute atomic E-state index is 0.372. The molecule has 7 heteroatoms. The van der Waals surface area contributed by atoms with Crippen LogP contribution in [0.4, 0.5) is 0 Å². The molecule has 2 heterocycles. The topological polar surface area (TPSA) is 71.5 Å². The van der Waals surface area contributed by atoms with E-state index in [1.807, 2.05) is 11.6 Å². The highest BCUT2D eigenvalue weighted by Crippen LogP contribution is 2.24. The molecule has 0 saturated heterocycles. The molecule has 3 N–H and O–H groups in total. The summed E-state index contributed by atoms with van der Waals surface area (Å²) in [6, 6.07) is 0. The van der Waals surface area contributed by atoms with Crippen LogP contribution < -0.4 is 11.3 Å². The van der Waals surface area contributed by atoms with E-state index in [-0.39, 0.29) is 6.17 Å². The van der Waals surface area contributed by atoms with Crippen molar-refractivity contribution in [1.29, 1.82) is 0 Å². The van der Waals surface area contributed by atoms with Gasteiger partial charge in [0, 0.05) is 5.69 Å². The summed E-state index contributed by atoms with van der Waals surface area (Å²) in [5.74, 6) is 0.714. The number of thiol groups is 1. The van der Waals surface area contributed by atoms with Gasteiger partial charge >= 0.3 is 0 Å². The van der Waals surface area contributed by atoms with Crippen molar-refractivity contribution in [2.75, 3.05) is 0 Å². The van der Waals surface area contributed by atoms with Gasteiger partial charge in [-0.05, 0) is 38.2 Å². The minimum Gasteiger partial charge on any atom is -0.307 e. The van der Waals surface area contributed by atoms with Crippen molar-refractivity contribution in [3.63, 3.8) is 0 Å². The predicted molar refractivity (Wildman–Crippen MR) is 68.4 cm³/mol. The molecule has 6 nitrogen and oxygen atoms in total. The van der Waals surface area contributed by atoms with E-state index in [0.29, 0.717) is 5.84 Å². The van der Waals surface area contributed by atoms with Crippen LogP contribution in [-0.2, 0) is 12.8 Å². The third-order valence-corrected chi connectivity index (χ3v) is 3.73. The van der Waals surface area contributed by atoms with Gasteiger partial charge < -0.3 is 5.73 Å². The fourth-order valence-electron chi connectivity index (χ4n) is 2.49. The van der Waals surface area contributed by atoms with Gasteiger partial charge in [-0.25, -0.2) is 10.2 Å². The van der Waals surface area contributed by atoms with Crippen LogP contribution in [0.1, 0.15) is 29.8 Å². The molecule has 3 rings (SSSR count). The molecule has 0 spiro atoms. The Hall–Kier alpha value is -1.05. The van der Waals surface area contributed by atoms with E-state index in [9.17, 15) is 0 Å². The maximum Gasteiger partial charge on any atom is 0.185 e. The van der Waals surface area contributed by atoms with Crippen LogP contribution in [0.3, 0.4) is 0 Å². The summed E-state index contributed by atoms with van der Waals surface area (Å²) in [4.78, 5) is 0. The van der Waals surface area contributed by atoms with Gasteiger partial charge in [0.2, 0.25) is 0 Å². The Kier molecular flexibility index (Phi) is 2.61. The number of hydrogen-bond acceptors (Lipinski definition) is 6. The van der Waals surface area contributed by atoms with Crippen molar-refractivity contribution in [3.8, 4) is 0 Å². The normalized spacial score (nSPS) is 24.4. The highest BCUT2D eigenvalue weighted by atomic mass is 32.1. The Morgan fingerprint density at radius 1 is 1.41 bits per heavy atom. The lowest BCUT2D eigenvalue weighted by Crippen LogP contribution is -2.43. The summed E-state index contributed by atoms with van der Waals surface area (Å²) in [6.45, 7) is 2.05.